The number of pyridine rings is 1. The standard InChI is InChI=1S/C16H18N4O3S/c1-4-23-13-5-7-14(8-6-13)24(21,22)19-12-9-15-11(2)18-20(3)16(15)17-10-12/h5-10,19H,4H2,1-3H3. The topological polar surface area (TPSA) is 86.1 Å². The van der Waals surface area contributed by atoms with Gasteiger partial charge in [-0.05, 0) is 44.2 Å². The summed E-state index contributed by atoms with van der Waals surface area (Å²) in [6.45, 7) is 4.25. The maximum Gasteiger partial charge on any atom is 0.261 e. The van der Waals surface area contributed by atoms with Gasteiger partial charge >= 0.3 is 0 Å². The highest BCUT2D eigenvalue weighted by Gasteiger charge is 2.16. The Labute approximate surface area is 140 Å². The molecule has 0 amide bonds. The summed E-state index contributed by atoms with van der Waals surface area (Å²) in [6, 6.07) is 8.01. The normalized spacial score (nSPS) is 11.6. The summed E-state index contributed by atoms with van der Waals surface area (Å²) < 4.78 is 34.5. The molecule has 0 saturated heterocycles. The number of rotatable bonds is 5. The summed E-state index contributed by atoms with van der Waals surface area (Å²) >= 11 is 0. The first-order valence-corrected chi connectivity index (χ1v) is 8.94. The number of nitrogens with one attached hydrogen (secondary N) is 1. The van der Waals surface area contributed by atoms with Crippen molar-refractivity contribution in [1.29, 1.82) is 0 Å². The molecule has 0 aliphatic heterocycles. The van der Waals surface area contributed by atoms with Gasteiger partial charge in [-0.25, -0.2) is 13.4 Å². The summed E-state index contributed by atoms with van der Waals surface area (Å²) in [5.41, 5.74) is 1.89. The lowest BCUT2D eigenvalue weighted by Crippen LogP contribution is -2.13. The lowest BCUT2D eigenvalue weighted by molar-refractivity contribution is 0.340. The molecule has 8 heteroatoms. The summed E-state index contributed by atoms with van der Waals surface area (Å²) in [7, 11) is -1.89. The second kappa shape index (κ2) is 6.12. The lowest BCUT2D eigenvalue weighted by Gasteiger charge is -2.09. The van der Waals surface area contributed by atoms with E-state index in [4.69, 9.17) is 4.74 Å². The van der Waals surface area contributed by atoms with E-state index in [1.54, 1.807) is 29.9 Å². The van der Waals surface area contributed by atoms with Crippen LogP contribution in [-0.4, -0.2) is 29.8 Å². The minimum Gasteiger partial charge on any atom is -0.494 e. The fourth-order valence-corrected chi connectivity index (χ4v) is 3.49. The molecule has 7 nitrogen and oxygen atoms in total. The zero-order valence-corrected chi connectivity index (χ0v) is 14.5. The number of nitrogens with zero attached hydrogens (tertiary/aromatic N) is 3. The van der Waals surface area contributed by atoms with E-state index in [1.807, 2.05) is 13.8 Å². The van der Waals surface area contributed by atoms with Crippen LogP contribution in [0.25, 0.3) is 11.0 Å². The van der Waals surface area contributed by atoms with Gasteiger partial charge in [-0.1, -0.05) is 0 Å². The van der Waals surface area contributed by atoms with E-state index in [0.717, 1.165) is 11.1 Å². The van der Waals surface area contributed by atoms with Gasteiger partial charge in [0.25, 0.3) is 10.0 Å². The van der Waals surface area contributed by atoms with Gasteiger partial charge in [0.2, 0.25) is 0 Å². The number of anilines is 1. The van der Waals surface area contributed by atoms with E-state index in [0.29, 0.717) is 23.7 Å². The Kier molecular flexibility index (Phi) is 4.15. The van der Waals surface area contributed by atoms with Crippen molar-refractivity contribution in [1.82, 2.24) is 14.8 Å². The average Bonchev–Trinajstić information content (AvgIpc) is 2.82. The van der Waals surface area contributed by atoms with Crippen LogP contribution in [0.5, 0.6) is 5.75 Å². The molecule has 0 spiro atoms. The van der Waals surface area contributed by atoms with Crippen LogP contribution < -0.4 is 9.46 Å². The number of sulfonamides is 1. The average molecular weight is 346 g/mol. The monoisotopic (exact) mass is 346 g/mol. The van der Waals surface area contributed by atoms with E-state index in [2.05, 4.69) is 14.8 Å². The second-order valence-corrected chi connectivity index (χ2v) is 7.00. The third kappa shape index (κ3) is 3.05. The first kappa shape index (κ1) is 16.3. The molecule has 3 aromatic rings. The molecule has 0 aliphatic rings. The Morgan fingerprint density at radius 3 is 2.62 bits per heavy atom. The molecule has 3 rings (SSSR count). The summed E-state index contributed by atoms with van der Waals surface area (Å²) in [4.78, 5) is 4.43. The number of hydrogen-bond donors (Lipinski definition) is 1. The van der Waals surface area contributed by atoms with E-state index in [9.17, 15) is 8.42 Å². The van der Waals surface area contributed by atoms with Gasteiger partial charge in [0, 0.05) is 12.4 Å². The van der Waals surface area contributed by atoms with Crippen molar-refractivity contribution in [2.45, 2.75) is 18.7 Å². The summed E-state index contributed by atoms with van der Waals surface area (Å²) in [5.74, 6) is 0.630. The third-order valence-electron chi connectivity index (χ3n) is 3.56. The molecule has 126 valence electrons. The van der Waals surface area contributed by atoms with Crippen LogP contribution >= 0.6 is 0 Å². The Morgan fingerprint density at radius 1 is 1.25 bits per heavy atom. The predicted octanol–water partition coefficient (Wildman–Crippen LogP) is 2.48. The number of hydrogen-bond acceptors (Lipinski definition) is 5. The minimum atomic E-state index is -3.69. The highest BCUT2D eigenvalue weighted by Crippen LogP contribution is 2.22. The molecule has 1 aromatic carbocycles. The SMILES string of the molecule is CCOc1ccc(S(=O)(=O)Nc2cnc3c(c2)c(C)nn3C)cc1. The third-order valence-corrected chi connectivity index (χ3v) is 4.96. The molecular formula is C16H18N4O3S. The Hall–Kier alpha value is -2.61. The molecule has 0 aliphatic carbocycles. The molecule has 0 bridgehead atoms. The molecule has 2 heterocycles. The van der Waals surface area contributed by atoms with Crippen LogP contribution in [0, 0.1) is 6.92 Å². The fourth-order valence-electron chi connectivity index (χ4n) is 2.46. The summed E-state index contributed by atoms with van der Waals surface area (Å²) in [5, 5.41) is 5.09. The molecule has 2 aromatic heterocycles. The number of aryl methyl sites for hydroxylation is 2. The number of ether oxygens (including phenoxy) is 1. The maximum absolute atomic E-state index is 12.5. The largest absolute Gasteiger partial charge is 0.494 e. The van der Waals surface area contributed by atoms with E-state index in [-0.39, 0.29) is 4.90 Å². The molecule has 0 atom stereocenters. The van der Waals surface area contributed by atoms with Gasteiger partial charge in [0.1, 0.15) is 5.75 Å². The van der Waals surface area contributed by atoms with E-state index in [1.165, 1.54) is 18.3 Å². The van der Waals surface area contributed by atoms with Crippen molar-refractivity contribution in [3.63, 3.8) is 0 Å². The molecule has 0 fully saturated rings. The minimum absolute atomic E-state index is 0.161. The van der Waals surface area contributed by atoms with Crippen molar-refractivity contribution in [3.05, 3.63) is 42.2 Å². The van der Waals surface area contributed by atoms with Crippen LogP contribution in [0.2, 0.25) is 0 Å². The van der Waals surface area contributed by atoms with Crippen LogP contribution in [-0.2, 0) is 17.1 Å². The van der Waals surface area contributed by atoms with Crippen LogP contribution in [0.15, 0.2) is 41.4 Å². The van der Waals surface area contributed by atoms with Crippen molar-refractivity contribution in [3.8, 4) is 5.75 Å². The Bertz CT molecular complexity index is 978. The van der Waals surface area contributed by atoms with Crippen LogP contribution in [0.4, 0.5) is 5.69 Å². The fraction of sp³-hybridized carbons (Fsp3) is 0.250. The van der Waals surface area contributed by atoms with Gasteiger partial charge in [-0.15, -0.1) is 0 Å². The highest BCUT2D eigenvalue weighted by atomic mass is 32.2. The first-order valence-electron chi connectivity index (χ1n) is 7.46. The molecule has 24 heavy (non-hydrogen) atoms. The Balaban J connectivity index is 1.90. The van der Waals surface area contributed by atoms with Crippen molar-refractivity contribution in [2.24, 2.45) is 7.05 Å². The highest BCUT2D eigenvalue weighted by molar-refractivity contribution is 7.92. The smallest absolute Gasteiger partial charge is 0.261 e. The summed E-state index contributed by atoms with van der Waals surface area (Å²) in [6.07, 6.45) is 1.48. The van der Waals surface area contributed by atoms with Crippen molar-refractivity contribution < 1.29 is 13.2 Å². The second-order valence-electron chi connectivity index (χ2n) is 5.31. The lowest BCUT2D eigenvalue weighted by atomic mass is 10.3. The van der Waals surface area contributed by atoms with Gasteiger partial charge < -0.3 is 4.74 Å². The predicted molar refractivity (Wildman–Crippen MR) is 91.7 cm³/mol. The Morgan fingerprint density at radius 2 is 1.96 bits per heavy atom. The van der Waals surface area contributed by atoms with Crippen LogP contribution in [0.1, 0.15) is 12.6 Å². The van der Waals surface area contributed by atoms with Crippen LogP contribution in [0.3, 0.4) is 0 Å². The van der Waals surface area contributed by atoms with Crippen molar-refractivity contribution in [2.75, 3.05) is 11.3 Å². The number of fused-ring (bicyclic) bond motifs is 1. The molecule has 0 radical (unpaired) electrons. The zero-order chi connectivity index (χ0) is 17.3. The number of benzene rings is 1. The zero-order valence-electron chi connectivity index (χ0n) is 13.6. The molecule has 0 unspecified atom stereocenters. The molecule has 0 saturated carbocycles. The van der Waals surface area contributed by atoms with Crippen molar-refractivity contribution >= 4 is 26.7 Å². The quantitative estimate of drug-likeness (QED) is 0.767. The van der Waals surface area contributed by atoms with E-state index >= 15 is 0 Å². The molecular weight excluding hydrogens is 328 g/mol. The molecule has 1 N–H and O–H groups in total. The van der Waals surface area contributed by atoms with E-state index < -0.39 is 10.0 Å². The van der Waals surface area contributed by atoms with Gasteiger partial charge in [0.15, 0.2) is 5.65 Å². The maximum atomic E-state index is 12.5. The van der Waals surface area contributed by atoms with Gasteiger partial charge in [-0.2, -0.15) is 5.10 Å². The van der Waals surface area contributed by atoms with Gasteiger partial charge in [0.05, 0.1) is 29.1 Å². The number of aromatic nitrogens is 3. The van der Waals surface area contributed by atoms with Gasteiger partial charge in [-0.3, -0.25) is 9.40 Å². The first-order chi connectivity index (χ1) is 11.4.